The monoisotopic (exact) mass is 1470 g/mol. The first-order valence-corrected chi connectivity index (χ1v) is 42.8. The van der Waals surface area contributed by atoms with Crippen molar-refractivity contribution >= 4 is 39.5 Å². The Balaban J connectivity index is 5.41. The smallest absolute Gasteiger partial charge is 0.462 e. The third-order valence-electron chi connectivity index (χ3n) is 16.4. The number of phosphoric acid groups is 2. The maximum absolute atomic E-state index is 13.1. The van der Waals surface area contributed by atoms with Gasteiger partial charge in [-0.2, -0.15) is 0 Å². The van der Waals surface area contributed by atoms with Crippen molar-refractivity contribution in [1.29, 1.82) is 0 Å². The molecule has 0 saturated heterocycles. The van der Waals surface area contributed by atoms with Gasteiger partial charge in [0.25, 0.3) is 0 Å². The van der Waals surface area contributed by atoms with E-state index in [2.05, 4.69) is 149 Å². The molecule has 0 aliphatic heterocycles. The number of ether oxygens (including phenoxy) is 4. The van der Waals surface area contributed by atoms with E-state index in [9.17, 15) is 43.2 Å². The van der Waals surface area contributed by atoms with Gasteiger partial charge in [-0.3, -0.25) is 37.3 Å². The van der Waals surface area contributed by atoms with Crippen LogP contribution in [0.3, 0.4) is 0 Å². The van der Waals surface area contributed by atoms with Crippen LogP contribution in [0.1, 0.15) is 323 Å². The summed E-state index contributed by atoms with van der Waals surface area (Å²) >= 11 is 0. The summed E-state index contributed by atoms with van der Waals surface area (Å²) in [5.74, 6) is -2.25. The van der Waals surface area contributed by atoms with Crippen molar-refractivity contribution < 1.29 is 80.2 Å². The highest BCUT2D eigenvalue weighted by molar-refractivity contribution is 7.47. The van der Waals surface area contributed by atoms with Gasteiger partial charge in [0.05, 0.1) is 26.4 Å². The Hall–Kier alpha value is -4.54. The highest BCUT2D eigenvalue weighted by Gasteiger charge is 2.30. The molecule has 0 aliphatic rings. The van der Waals surface area contributed by atoms with E-state index < -0.39 is 97.5 Å². The van der Waals surface area contributed by atoms with Crippen LogP contribution in [0.5, 0.6) is 0 Å². The van der Waals surface area contributed by atoms with Gasteiger partial charge in [0.2, 0.25) is 0 Å². The average Bonchev–Trinajstić information content (AvgIpc) is 0.920. The Morgan fingerprint density at radius 3 is 0.824 bits per heavy atom. The number of phosphoric ester groups is 2. The van der Waals surface area contributed by atoms with E-state index in [0.717, 1.165) is 180 Å². The molecule has 0 aromatic heterocycles. The minimum atomic E-state index is -4.99. The van der Waals surface area contributed by atoms with Crippen LogP contribution in [0, 0.1) is 0 Å². The largest absolute Gasteiger partial charge is 0.472 e. The van der Waals surface area contributed by atoms with E-state index >= 15 is 0 Å². The third-order valence-corrected chi connectivity index (χ3v) is 18.3. The van der Waals surface area contributed by atoms with Crippen LogP contribution in [0.2, 0.25) is 0 Å². The topological polar surface area (TPSA) is 237 Å². The van der Waals surface area contributed by atoms with Crippen LogP contribution < -0.4 is 0 Å². The molecule has 0 aromatic carbocycles. The molecule has 0 aliphatic carbocycles. The van der Waals surface area contributed by atoms with Crippen molar-refractivity contribution in [2.24, 2.45) is 0 Å². The van der Waals surface area contributed by atoms with Gasteiger partial charge in [-0.05, 0) is 161 Å². The molecule has 102 heavy (non-hydrogen) atoms. The maximum Gasteiger partial charge on any atom is 0.472 e. The van der Waals surface area contributed by atoms with Crippen LogP contribution in [-0.2, 0) is 65.4 Å². The Morgan fingerprint density at radius 1 is 0.284 bits per heavy atom. The number of carbonyl (C=O) groups excluding carboxylic acids is 4. The fourth-order valence-electron chi connectivity index (χ4n) is 10.3. The summed E-state index contributed by atoms with van der Waals surface area (Å²) in [5, 5.41) is 10.6. The number of carbonyl (C=O) groups is 4. The normalized spacial score (nSPS) is 14.5. The Labute approximate surface area is 619 Å². The van der Waals surface area contributed by atoms with E-state index in [0.29, 0.717) is 25.7 Å². The van der Waals surface area contributed by atoms with Gasteiger partial charge in [0, 0.05) is 25.7 Å². The van der Waals surface area contributed by atoms with Gasteiger partial charge in [0.1, 0.15) is 19.3 Å². The second kappa shape index (κ2) is 74.7. The summed E-state index contributed by atoms with van der Waals surface area (Å²) in [5.41, 5.74) is 0. The predicted molar refractivity (Wildman–Crippen MR) is 418 cm³/mol. The van der Waals surface area contributed by atoms with Crippen molar-refractivity contribution in [1.82, 2.24) is 0 Å². The van der Waals surface area contributed by atoms with Crippen molar-refractivity contribution in [3.63, 3.8) is 0 Å². The van der Waals surface area contributed by atoms with Gasteiger partial charge in [0.15, 0.2) is 12.2 Å². The lowest BCUT2D eigenvalue weighted by atomic mass is 10.1. The zero-order valence-corrected chi connectivity index (χ0v) is 65.8. The van der Waals surface area contributed by atoms with E-state index in [4.69, 9.17) is 37.0 Å². The first-order chi connectivity index (χ1) is 49.7. The first-order valence-electron chi connectivity index (χ1n) is 39.8. The second-order valence-corrected chi connectivity index (χ2v) is 29.2. The Kier molecular flexibility index (Phi) is 71.4. The molecule has 0 fully saturated rings. The minimum Gasteiger partial charge on any atom is -0.462 e. The Morgan fingerprint density at radius 2 is 0.510 bits per heavy atom. The van der Waals surface area contributed by atoms with Crippen molar-refractivity contribution in [2.45, 2.75) is 341 Å². The SMILES string of the molecule is CC/C=C\C/C=C\C/C=C\C/C=C\C/C=C\CCCCCC(=O)OC[C@H](COP(=O)(O)OC[C@@H](O)COP(=O)(O)OC[C@@H](COC(=O)CCCCCCC/C=C\CCCCCC)OC(=O)CCCCCCC/C=C\C/C=C\CCCCC)OC(=O)CCCCCCC/C=C\C/C=C\CCCCC. The van der Waals surface area contributed by atoms with Crippen molar-refractivity contribution in [2.75, 3.05) is 39.6 Å². The molecule has 5 atom stereocenters. The molecular weight excluding hydrogens is 1330 g/mol. The second-order valence-electron chi connectivity index (χ2n) is 26.3. The number of unbranched alkanes of at least 4 members (excludes halogenated alkanes) is 28. The molecule has 3 N–H and O–H groups in total. The van der Waals surface area contributed by atoms with E-state index in [1.807, 2.05) is 0 Å². The number of rotatable bonds is 74. The lowest BCUT2D eigenvalue weighted by Crippen LogP contribution is -2.30. The fraction of sp³-hybridized carbons (Fsp3) is 0.711. The molecule has 0 bridgehead atoms. The summed E-state index contributed by atoms with van der Waals surface area (Å²) in [6, 6.07) is 0. The lowest BCUT2D eigenvalue weighted by Gasteiger charge is -2.21. The summed E-state index contributed by atoms with van der Waals surface area (Å²) in [7, 11) is -9.98. The standard InChI is InChI=1S/C83H142O17P2/c1-5-9-13-17-21-25-29-33-36-37-38-39-42-44-48-52-56-60-64-68-81(86)94-74-79(100-83(88)70-66-62-58-54-50-46-41-35-31-27-23-19-15-11-7-3)76-98-102(91,92)96-72-77(84)71-95-101(89,90)97-75-78(73-93-80(85)67-63-59-55-51-47-43-32-28-24-20-16-12-8-4)99-82(87)69-65-61-57-53-49-45-40-34-30-26-22-18-14-10-6-2/h9,13,21-23,25-28,32-36,38-41,44,48,77-79,84H,5-8,10-12,14-20,24,29-31,37,42-43,45-47,49-76H2,1-4H3,(H,89,90)(H,91,92)/b13-9-,25-21-,26-22-,27-23-,32-28-,36-33-,39-38-,40-34-,41-35-,48-44-/t77-,78+,79+/m0/s1. The van der Waals surface area contributed by atoms with Crippen molar-refractivity contribution in [3.05, 3.63) is 122 Å². The molecule has 0 rings (SSSR count). The van der Waals surface area contributed by atoms with Gasteiger partial charge in [-0.25, -0.2) is 9.13 Å². The van der Waals surface area contributed by atoms with Gasteiger partial charge < -0.3 is 33.8 Å². The number of aliphatic hydroxyl groups is 1. The zero-order chi connectivity index (χ0) is 74.6. The molecule has 0 aromatic rings. The van der Waals surface area contributed by atoms with Crippen LogP contribution in [-0.4, -0.2) is 96.7 Å². The molecule has 0 radical (unpaired) electrons. The molecule has 0 saturated carbocycles. The first kappa shape index (κ1) is 97.5. The van der Waals surface area contributed by atoms with Gasteiger partial charge in [-0.15, -0.1) is 0 Å². The molecular formula is C83H142O17P2. The summed E-state index contributed by atoms with van der Waals surface area (Å²) in [6.07, 6.45) is 81.7. The molecule has 0 amide bonds. The number of esters is 4. The number of hydrogen-bond donors (Lipinski definition) is 3. The summed E-state index contributed by atoms with van der Waals surface area (Å²) in [4.78, 5) is 73.0. The predicted octanol–water partition coefficient (Wildman–Crippen LogP) is 23.1. The quantitative estimate of drug-likeness (QED) is 0.0169. The third kappa shape index (κ3) is 73.8. The van der Waals surface area contributed by atoms with Gasteiger partial charge in [-0.1, -0.05) is 258 Å². The van der Waals surface area contributed by atoms with Crippen LogP contribution in [0.4, 0.5) is 0 Å². The van der Waals surface area contributed by atoms with E-state index in [1.54, 1.807) is 0 Å². The number of hydrogen-bond acceptors (Lipinski definition) is 15. The Bertz CT molecular complexity index is 2410. The van der Waals surface area contributed by atoms with E-state index in [-0.39, 0.29) is 25.7 Å². The molecule has 19 heteroatoms. The molecule has 2 unspecified atom stereocenters. The lowest BCUT2D eigenvalue weighted by molar-refractivity contribution is -0.161. The molecule has 586 valence electrons. The molecule has 0 heterocycles. The average molecular weight is 1470 g/mol. The van der Waals surface area contributed by atoms with Crippen LogP contribution in [0.15, 0.2) is 122 Å². The molecule has 0 spiro atoms. The highest BCUT2D eigenvalue weighted by Crippen LogP contribution is 2.45. The maximum atomic E-state index is 13.1. The summed E-state index contributed by atoms with van der Waals surface area (Å²) < 4.78 is 68.5. The van der Waals surface area contributed by atoms with Crippen molar-refractivity contribution in [3.8, 4) is 0 Å². The fourth-order valence-corrected chi connectivity index (χ4v) is 11.9. The summed E-state index contributed by atoms with van der Waals surface area (Å²) in [6.45, 7) is 4.63. The highest BCUT2D eigenvalue weighted by atomic mass is 31.2. The van der Waals surface area contributed by atoms with Crippen LogP contribution >= 0.6 is 15.6 Å². The minimum absolute atomic E-state index is 0.0687. The van der Waals surface area contributed by atoms with Crippen LogP contribution in [0.25, 0.3) is 0 Å². The van der Waals surface area contributed by atoms with Gasteiger partial charge >= 0.3 is 39.5 Å². The zero-order valence-electron chi connectivity index (χ0n) is 64.0. The van der Waals surface area contributed by atoms with E-state index in [1.165, 1.54) is 64.2 Å². The number of aliphatic hydroxyl groups excluding tert-OH is 1. The molecule has 17 nitrogen and oxygen atoms in total. The number of allylic oxidation sites excluding steroid dienone is 20.